The number of hydrogen-bond acceptors (Lipinski definition) is 5. The molecule has 9 nitrogen and oxygen atoms in total. The van der Waals surface area contributed by atoms with Crippen molar-refractivity contribution in [2.75, 3.05) is 6.54 Å². The van der Waals surface area contributed by atoms with E-state index in [1.165, 1.54) is 0 Å². The van der Waals surface area contributed by atoms with Crippen LogP contribution in [0.2, 0.25) is 0 Å². The number of carbonyl (C=O) groups is 2. The van der Waals surface area contributed by atoms with Crippen molar-refractivity contribution < 1.29 is 43.1 Å². The number of nitrogens with one attached hydrogen (secondary N) is 2. The fourth-order valence-corrected chi connectivity index (χ4v) is 2.07. The Morgan fingerprint density at radius 2 is 1.85 bits per heavy atom. The average Bonchev–Trinajstić information content (AvgIpc) is 2.52. The molecule has 12 heteroatoms. The van der Waals surface area contributed by atoms with Gasteiger partial charge in [-0.2, -0.15) is 13.2 Å². The van der Waals surface area contributed by atoms with E-state index in [9.17, 15) is 37.9 Å². The first-order chi connectivity index (χ1) is 12.0. The van der Waals surface area contributed by atoms with Gasteiger partial charge < -0.3 is 15.5 Å². The van der Waals surface area contributed by atoms with E-state index >= 15 is 0 Å². The van der Waals surface area contributed by atoms with E-state index < -0.39 is 51.4 Å². The lowest BCUT2D eigenvalue weighted by Gasteiger charge is -2.13. The van der Waals surface area contributed by atoms with Gasteiger partial charge in [-0.1, -0.05) is 19.8 Å². The predicted octanol–water partition coefficient (Wildman–Crippen LogP) is 2.55. The van der Waals surface area contributed by atoms with Gasteiger partial charge in [0.1, 0.15) is 5.56 Å². The van der Waals surface area contributed by atoms with Gasteiger partial charge in [0, 0.05) is 6.54 Å². The molecule has 5 N–H and O–H groups in total. The van der Waals surface area contributed by atoms with Crippen molar-refractivity contribution in [1.82, 2.24) is 10.6 Å². The summed E-state index contributed by atoms with van der Waals surface area (Å²) in [6.07, 6.45) is -3.04. The first-order valence-corrected chi connectivity index (χ1v) is 7.42. The number of carbonyl (C=O) groups excluding carboxylic acids is 2. The number of unbranched alkanes of at least 4 members (excludes halogenated alkanes) is 2. The molecular formula is C14H17F3N3O6+. The Bertz CT molecular complexity index is 721. The topological polar surface area (TPSA) is 139 Å². The zero-order valence-corrected chi connectivity index (χ0v) is 13.6. The second kappa shape index (κ2) is 8.36. The molecule has 0 saturated carbocycles. The molecule has 0 fully saturated rings. The third kappa shape index (κ3) is 4.97. The van der Waals surface area contributed by atoms with Gasteiger partial charge in [-0.05, 0) is 12.5 Å². The Labute approximate surface area is 145 Å². The zero-order chi connectivity index (χ0) is 20.1. The summed E-state index contributed by atoms with van der Waals surface area (Å²) >= 11 is 0. The molecule has 0 aliphatic rings. The number of amides is 3. The molecule has 1 rings (SSSR count). The summed E-state index contributed by atoms with van der Waals surface area (Å²) in [6, 6.07) is -1.13. The van der Waals surface area contributed by atoms with Crippen LogP contribution in [-0.4, -0.2) is 38.8 Å². The molecule has 0 radical (unpaired) electrons. The van der Waals surface area contributed by atoms with E-state index in [2.05, 4.69) is 5.32 Å². The van der Waals surface area contributed by atoms with Gasteiger partial charge in [0.15, 0.2) is 5.75 Å². The van der Waals surface area contributed by atoms with Crippen LogP contribution >= 0.6 is 0 Å². The van der Waals surface area contributed by atoms with Crippen LogP contribution in [0, 0.1) is 4.91 Å². The standard InChI is InChI=1S/C14H16F3N3O6/c1-2-3-4-5-18-13(24)19-12(23)9-7(14(15,16)17)6-8(21)11(22)10(9)20(25)26/h6H,2-5H2,1H3,(H4-,18,19,21,22,23,24,25,26)/p+1. The molecule has 144 valence electrons. The average molecular weight is 380 g/mol. The number of phenols is 2. The molecule has 0 bridgehead atoms. The summed E-state index contributed by atoms with van der Waals surface area (Å²) in [6.45, 7) is 2.06. The number of rotatable bonds is 6. The summed E-state index contributed by atoms with van der Waals surface area (Å²) in [5, 5.41) is 31.6. The Morgan fingerprint density at radius 3 is 2.35 bits per heavy atom. The van der Waals surface area contributed by atoms with E-state index in [0.29, 0.717) is 6.42 Å². The molecule has 0 aromatic heterocycles. The highest BCUT2D eigenvalue weighted by molar-refractivity contribution is 6.08. The van der Waals surface area contributed by atoms with Crippen molar-refractivity contribution in [3.63, 3.8) is 0 Å². The number of benzene rings is 1. The lowest BCUT2D eigenvalue weighted by atomic mass is 10.0. The third-order valence-corrected chi connectivity index (χ3v) is 3.27. The number of imide groups is 1. The van der Waals surface area contributed by atoms with Crippen LogP contribution in [0.15, 0.2) is 6.07 Å². The number of halogens is 3. The highest BCUT2D eigenvalue weighted by atomic mass is 19.4. The summed E-state index contributed by atoms with van der Waals surface area (Å²) in [5.41, 5.74) is -4.89. The Balaban J connectivity index is 3.24. The maximum Gasteiger partial charge on any atom is 0.417 e. The third-order valence-electron chi connectivity index (χ3n) is 3.27. The zero-order valence-electron chi connectivity index (χ0n) is 13.6. The highest BCUT2D eigenvalue weighted by Gasteiger charge is 2.44. The summed E-state index contributed by atoms with van der Waals surface area (Å²) < 4.78 is 39.3. The molecule has 1 aromatic rings. The van der Waals surface area contributed by atoms with Crippen LogP contribution in [0.5, 0.6) is 11.5 Å². The fourth-order valence-electron chi connectivity index (χ4n) is 2.07. The van der Waals surface area contributed by atoms with Gasteiger partial charge >= 0.3 is 17.9 Å². The SMILES string of the molecule is CCCCCNC(=O)NC(=O)c1c(C(F)(F)F)cc(O)c(O)c1[N+](=O)O. The molecule has 0 saturated heterocycles. The summed E-state index contributed by atoms with van der Waals surface area (Å²) in [4.78, 5) is 33.5. The van der Waals surface area contributed by atoms with Gasteiger partial charge in [-0.25, -0.2) is 10.0 Å². The molecule has 0 spiro atoms. The molecule has 0 atom stereocenters. The smallest absolute Gasteiger partial charge is 0.417 e. The Hall–Kier alpha value is -3.05. The van der Waals surface area contributed by atoms with Crippen LogP contribution in [0.1, 0.15) is 42.1 Å². The Morgan fingerprint density at radius 1 is 1.23 bits per heavy atom. The van der Waals surface area contributed by atoms with Crippen LogP contribution in [0.25, 0.3) is 0 Å². The van der Waals surface area contributed by atoms with Gasteiger partial charge in [0.05, 0.1) is 10.5 Å². The largest absolute Gasteiger partial charge is 0.504 e. The van der Waals surface area contributed by atoms with E-state index in [-0.39, 0.29) is 12.6 Å². The van der Waals surface area contributed by atoms with Gasteiger partial charge in [-0.3, -0.25) is 10.1 Å². The molecule has 0 heterocycles. The van der Waals surface area contributed by atoms with Gasteiger partial charge in [0.25, 0.3) is 10.8 Å². The van der Waals surface area contributed by atoms with Gasteiger partial charge in [-0.15, -0.1) is 0 Å². The van der Waals surface area contributed by atoms with Crippen molar-refractivity contribution in [3.8, 4) is 11.5 Å². The molecule has 0 aliphatic carbocycles. The highest BCUT2D eigenvalue weighted by Crippen LogP contribution is 2.45. The monoisotopic (exact) mass is 380 g/mol. The minimum Gasteiger partial charge on any atom is -0.504 e. The molecule has 3 amide bonds. The molecule has 0 unspecified atom stereocenters. The number of alkyl halides is 3. The minimum absolute atomic E-state index is 0.00357. The van der Waals surface area contributed by atoms with Gasteiger partial charge in [0.2, 0.25) is 5.75 Å². The lowest BCUT2D eigenvalue weighted by Crippen LogP contribution is -2.40. The van der Waals surface area contributed by atoms with Crippen molar-refractivity contribution >= 4 is 17.6 Å². The number of phenolic OH excluding ortho intramolecular Hbond substituents is 2. The minimum atomic E-state index is -5.24. The predicted molar refractivity (Wildman–Crippen MR) is 80.2 cm³/mol. The van der Waals surface area contributed by atoms with Crippen LogP contribution in [0.3, 0.4) is 0 Å². The maximum atomic E-state index is 13.1. The molecular weight excluding hydrogens is 363 g/mol. The first-order valence-electron chi connectivity index (χ1n) is 7.42. The Kier molecular flexibility index (Phi) is 6.75. The number of hydrogen-bond donors (Lipinski definition) is 5. The number of aromatic hydroxyl groups is 2. The van der Waals surface area contributed by atoms with Crippen molar-refractivity contribution in [2.24, 2.45) is 0 Å². The van der Waals surface area contributed by atoms with Crippen molar-refractivity contribution in [3.05, 3.63) is 22.1 Å². The van der Waals surface area contributed by atoms with E-state index in [1.54, 1.807) is 5.32 Å². The van der Waals surface area contributed by atoms with E-state index in [4.69, 9.17) is 5.21 Å². The van der Waals surface area contributed by atoms with Crippen LogP contribution in [-0.2, 0) is 6.18 Å². The summed E-state index contributed by atoms with van der Waals surface area (Å²) in [5.74, 6) is -4.54. The van der Waals surface area contributed by atoms with Crippen LogP contribution in [0.4, 0.5) is 23.7 Å². The second-order valence-electron chi connectivity index (χ2n) is 5.20. The normalized spacial score (nSPS) is 11.1. The molecule has 0 aliphatic heterocycles. The van der Waals surface area contributed by atoms with E-state index in [1.807, 2.05) is 6.92 Å². The second-order valence-corrected chi connectivity index (χ2v) is 5.20. The van der Waals surface area contributed by atoms with Crippen LogP contribution < -0.4 is 10.6 Å². The number of nitrogens with zero attached hydrogens (tertiary/aromatic N) is 1. The molecule has 26 heavy (non-hydrogen) atoms. The van der Waals surface area contributed by atoms with E-state index in [0.717, 1.165) is 12.8 Å². The maximum absolute atomic E-state index is 13.1. The fraction of sp³-hybridized carbons (Fsp3) is 0.429. The summed E-state index contributed by atoms with van der Waals surface area (Å²) in [7, 11) is 0. The lowest BCUT2D eigenvalue weighted by molar-refractivity contribution is -0.730. The first kappa shape index (κ1) is 21.0. The van der Waals surface area contributed by atoms with Crippen molar-refractivity contribution in [2.45, 2.75) is 32.4 Å². The molecule has 1 aromatic carbocycles. The van der Waals surface area contributed by atoms with Crippen molar-refractivity contribution in [1.29, 1.82) is 0 Å². The quantitative estimate of drug-likeness (QED) is 0.292. The number of urea groups is 1.